The number of nitrogens with zero attached hydrogens (tertiary/aromatic N) is 2. The maximum Gasteiger partial charge on any atom is 0.141 e. The van der Waals surface area contributed by atoms with Crippen LogP contribution in [-0.4, -0.2) is 21.7 Å². The van der Waals surface area contributed by atoms with Gasteiger partial charge in [-0.15, -0.1) is 0 Å². The summed E-state index contributed by atoms with van der Waals surface area (Å²) in [5.41, 5.74) is 0.560. The number of aromatic amines is 1. The van der Waals surface area contributed by atoms with E-state index in [1.165, 1.54) is 18.5 Å². The van der Waals surface area contributed by atoms with Crippen molar-refractivity contribution in [1.82, 2.24) is 20.5 Å². The van der Waals surface area contributed by atoms with E-state index in [9.17, 15) is 4.39 Å². The van der Waals surface area contributed by atoms with Crippen molar-refractivity contribution in [2.75, 3.05) is 6.54 Å². The Labute approximate surface area is 110 Å². The average Bonchev–Trinajstić information content (AvgIpc) is 2.87. The van der Waals surface area contributed by atoms with E-state index in [1.54, 1.807) is 6.07 Å². The van der Waals surface area contributed by atoms with Crippen molar-refractivity contribution >= 4 is 11.6 Å². The van der Waals surface area contributed by atoms with E-state index < -0.39 is 0 Å². The summed E-state index contributed by atoms with van der Waals surface area (Å²) in [7, 11) is 0. The molecule has 0 aliphatic carbocycles. The molecule has 4 nitrogen and oxygen atoms in total. The molecule has 0 radical (unpaired) electrons. The predicted octanol–water partition coefficient (Wildman–Crippen LogP) is 2.49. The summed E-state index contributed by atoms with van der Waals surface area (Å²) in [6.07, 6.45) is 1.91. The summed E-state index contributed by atoms with van der Waals surface area (Å²) in [5, 5.41) is 10.4. The molecule has 0 saturated heterocycles. The third kappa shape index (κ3) is 3.05. The maximum atomic E-state index is 13.7. The molecule has 2 aromatic rings. The Balaban J connectivity index is 2.21. The van der Waals surface area contributed by atoms with Crippen LogP contribution >= 0.6 is 11.6 Å². The maximum absolute atomic E-state index is 13.7. The van der Waals surface area contributed by atoms with Crippen LogP contribution in [0.1, 0.15) is 24.4 Å². The van der Waals surface area contributed by atoms with Crippen LogP contribution < -0.4 is 5.32 Å². The molecule has 0 saturated carbocycles. The molecular weight excluding hydrogens is 255 g/mol. The van der Waals surface area contributed by atoms with Crippen molar-refractivity contribution in [2.45, 2.75) is 19.4 Å². The lowest BCUT2D eigenvalue weighted by Crippen LogP contribution is -2.24. The summed E-state index contributed by atoms with van der Waals surface area (Å²) in [5.74, 6) is 0.429. The molecule has 6 heteroatoms. The molecule has 2 N–H and O–H groups in total. The second-order valence-corrected chi connectivity index (χ2v) is 4.36. The summed E-state index contributed by atoms with van der Waals surface area (Å²) in [4.78, 5) is 4.10. The first-order valence-corrected chi connectivity index (χ1v) is 6.11. The molecule has 0 bridgehead atoms. The number of benzene rings is 1. The van der Waals surface area contributed by atoms with E-state index in [-0.39, 0.29) is 11.9 Å². The Hall–Kier alpha value is -1.46. The molecular formula is C12H14ClFN4. The Morgan fingerprint density at radius 1 is 1.50 bits per heavy atom. The lowest BCUT2D eigenvalue weighted by molar-refractivity contribution is 0.507. The molecule has 1 aromatic heterocycles. The van der Waals surface area contributed by atoms with Crippen molar-refractivity contribution in [3.8, 4) is 0 Å². The molecule has 0 fully saturated rings. The van der Waals surface area contributed by atoms with Crippen LogP contribution in [0.25, 0.3) is 0 Å². The van der Waals surface area contributed by atoms with Gasteiger partial charge in [0.05, 0.1) is 6.04 Å². The molecule has 1 atom stereocenters. The van der Waals surface area contributed by atoms with E-state index in [1.807, 2.05) is 6.92 Å². The van der Waals surface area contributed by atoms with Gasteiger partial charge >= 0.3 is 0 Å². The minimum Gasteiger partial charge on any atom is -0.307 e. The number of hydrogen-bond acceptors (Lipinski definition) is 3. The van der Waals surface area contributed by atoms with Gasteiger partial charge in [0.25, 0.3) is 0 Å². The average molecular weight is 269 g/mol. The number of aromatic nitrogens is 3. The first-order chi connectivity index (χ1) is 8.70. The van der Waals surface area contributed by atoms with Crippen LogP contribution in [-0.2, 0) is 6.42 Å². The highest BCUT2D eigenvalue weighted by molar-refractivity contribution is 6.30. The van der Waals surface area contributed by atoms with Crippen molar-refractivity contribution in [3.05, 3.63) is 46.8 Å². The number of hydrogen-bond donors (Lipinski definition) is 2. The van der Waals surface area contributed by atoms with Gasteiger partial charge in [-0.3, -0.25) is 5.10 Å². The van der Waals surface area contributed by atoms with Crippen LogP contribution in [0.2, 0.25) is 5.02 Å². The number of rotatable bonds is 5. The van der Waals surface area contributed by atoms with E-state index in [2.05, 4.69) is 20.5 Å². The molecule has 0 aliphatic heterocycles. The van der Waals surface area contributed by atoms with Gasteiger partial charge in [-0.25, -0.2) is 9.37 Å². The Morgan fingerprint density at radius 3 is 3.00 bits per heavy atom. The molecule has 2 rings (SSSR count). The molecule has 1 aromatic carbocycles. The van der Waals surface area contributed by atoms with Gasteiger partial charge in [-0.1, -0.05) is 18.5 Å². The van der Waals surface area contributed by atoms with Gasteiger partial charge in [-0.2, -0.15) is 5.10 Å². The Bertz CT molecular complexity index is 501. The highest BCUT2D eigenvalue weighted by atomic mass is 35.5. The molecule has 18 heavy (non-hydrogen) atoms. The highest BCUT2D eigenvalue weighted by Gasteiger charge is 2.16. The molecule has 0 spiro atoms. The van der Waals surface area contributed by atoms with Gasteiger partial charge < -0.3 is 5.32 Å². The second kappa shape index (κ2) is 5.93. The monoisotopic (exact) mass is 268 g/mol. The molecule has 0 amide bonds. The molecule has 1 heterocycles. The number of likely N-dealkylation sites (N-methyl/N-ethyl adjacent to an activating group) is 1. The van der Waals surface area contributed by atoms with Crippen LogP contribution in [0, 0.1) is 5.82 Å². The number of halogens is 2. The lowest BCUT2D eigenvalue weighted by Gasteiger charge is -2.15. The third-order valence-corrected chi connectivity index (χ3v) is 2.88. The highest BCUT2D eigenvalue weighted by Crippen LogP contribution is 2.20. The normalized spacial score (nSPS) is 12.6. The smallest absolute Gasteiger partial charge is 0.141 e. The van der Waals surface area contributed by atoms with Crippen LogP contribution in [0.15, 0.2) is 24.5 Å². The van der Waals surface area contributed by atoms with Crippen molar-refractivity contribution in [2.24, 2.45) is 0 Å². The quantitative estimate of drug-likeness (QED) is 0.876. The minimum absolute atomic E-state index is 0.106. The fraction of sp³-hybridized carbons (Fsp3) is 0.333. The third-order valence-electron chi connectivity index (χ3n) is 2.65. The number of nitrogens with one attached hydrogen (secondary N) is 2. The fourth-order valence-corrected chi connectivity index (χ4v) is 2.01. The first-order valence-electron chi connectivity index (χ1n) is 5.73. The summed E-state index contributed by atoms with van der Waals surface area (Å²) in [6, 6.07) is 4.45. The van der Waals surface area contributed by atoms with Crippen molar-refractivity contribution in [3.63, 3.8) is 0 Å². The van der Waals surface area contributed by atoms with Gasteiger partial charge in [0.15, 0.2) is 0 Å². The van der Waals surface area contributed by atoms with Crippen LogP contribution in [0.5, 0.6) is 0 Å². The SMILES string of the molecule is CCNC(Cc1cc(Cl)ccc1F)c1ncn[nH]1. The summed E-state index contributed by atoms with van der Waals surface area (Å²) < 4.78 is 13.7. The zero-order chi connectivity index (χ0) is 13.0. The lowest BCUT2D eigenvalue weighted by atomic mass is 10.0. The zero-order valence-corrected chi connectivity index (χ0v) is 10.7. The van der Waals surface area contributed by atoms with Gasteiger partial charge in [-0.05, 0) is 36.7 Å². The van der Waals surface area contributed by atoms with E-state index in [4.69, 9.17) is 11.6 Å². The second-order valence-electron chi connectivity index (χ2n) is 3.92. The Kier molecular flexibility index (Phi) is 4.28. The largest absolute Gasteiger partial charge is 0.307 e. The fourth-order valence-electron chi connectivity index (χ4n) is 1.81. The predicted molar refractivity (Wildman–Crippen MR) is 67.9 cm³/mol. The van der Waals surface area contributed by atoms with E-state index in [0.717, 1.165) is 6.54 Å². The summed E-state index contributed by atoms with van der Waals surface area (Å²) in [6.45, 7) is 2.74. The first kappa shape index (κ1) is 13.0. The van der Waals surface area contributed by atoms with E-state index >= 15 is 0 Å². The van der Waals surface area contributed by atoms with Crippen LogP contribution in [0.3, 0.4) is 0 Å². The van der Waals surface area contributed by atoms with Crippen molar-refractivity contribution < 1.29 is 4.39 Å². The molecule has 96 valence electrons. The standard InChI is InChI=1S/C12H14ClFN4/c1-2-15-11(12-16-7-17-18-12)6-8-5-9(13)3-4-10(8)14/h3-5,7,11,15H,2,6H2,1H3,(H,16,17,18). The Morgan fingerprint density at radius 2 is 2.33 bits per heavy atom. The summed E-state index contributed by atoms with van der Waals surface area (Å²) >= 11 is 5.88. The van der Waals surface area contributed by atoms with Gasteiger partial charge in [0, 0.05) is 5.02 Å². The van der Waals surface area contributed by atoms with Crippen LogP contribution in [0.4, 0.5) is 4.39 Å². The van der Waals surface area contributed by atoms with E-state index in [0.29, 0.717) is 22.8 Å². The van der Waals surface area contributed by atoms with Crippen molar-refractivity contribution in [1.29, 1.82) is 0 Å². The van der Waals surface area contributed by atoms with Gasteiger partial charge in [0.1, 0.15) is 18.0 Å². The van der Waals surface area contributed by atoms with Gasteiger partial charge in [0.2, 0.25) is 0 Å². The molecule has 0 aliphatic rings. The topological polar surface area (TPSA) is 53.6 Å². The minimum atomic E-state index is -0.262. The zero-order valence-electron chi connectivity index (χ0n) is 9.95. The number of H-pyrrole nitrogens is 1. The molecule has 1 unspecified atom stereocenters.